The van der Waals surface area contributed by atoms with Gasteiger partial charge in [-0.05, 0) is 12.1 Å². The fraction of sp³-hybridized carbons (Fsp3) is 0.500. The molecular weight excluding hydrogens is 236 g/mol. The first-order valence-electron chi connectivity index (χ1n) is 5.71. The van der Waals surface area contributed by atoms with E-state index in [0.717, 1.165) is 0 Å². The first-order valence-corrected chi connectivity index (χ1v) is 5.71. The highest BCUT2D eigenvalue weighted by molar-refractivity contribution is 5.91. The molecule has 1 rings (SSSR count). The second kappa shape index (κ2) is 6.93. The number of aliphatic hydroxyl groups is 2. The molecule has 1 amide bonds. The number of ether oxygens (including phenoxy) is 1. The van der Waals surface area contributed by atoms with Crippen LogP contribution in [0.4, 0.5) is 5.82 Å². The highest BCUT2D eigenvalue weighted by Gasteiger charge is 2.08. The molecule has 0 bridgehead atoms. The Kier molecular flexibility index (Phi) is 5.54. The summed E-state index contributed by atoms with van der Waals surface area (Å²) in [7, 11) is 0. The van der Waals surface area contributed by atoms with Gasteiger partial charge in [-0.1, -0.05) is 13.8 Å². The third kappa shape index (κ3) is 4.68. The van der Waals surface area contributed by atoms with Gasteiger partial charge in [0.2, 0.25) is 5.91 Å². The van der Waals surface area contributed by atoms with E-state index in [9.17, 15) is 4.79 Å². The number of amides is 1. The quantitative estimate of drug-likeness (QED) is 0.684. The third-order valence-corrected chi connectivity index (χ3v) is 2.17. The van der Waals surface area contributed by atoms with Gasteiger partial charge < -0.3 is 20.3 Å². The maximum absolute atomic E-state index is 11.4. The molecule has 100 valence electrons. The van der Waals surface area contributed by atoms with Crippen LogP contribution in [0.1, 0.15) is 13.8 Å². The number of anilines is 1. The molecule has 18 heavy (non-hydrogen) atoms. The average Bonchev–Trinajstić information content (AvgIpc) is 2.37. The van der Waals surface area contributed by atoms with Crippen molar-refractivity contribution in [2.45, 2.75) is 20.0 Å². The fourth-order valence-electron chi connectivity index (χ4n) is 1.06. The molecule has 1 aromatic rings. The molecule has 0 spiro atoms. The molecule has 0 saturated heterocycles. The van der Waals surface area contributed by atoms with Crippen LogP contribution in [0, 0.1) is 5.92 Å². The van der Waals surface area contributed by atoms with Crippen molar-refractivity contribution in [1.82, 2.24) is 4.98 Å². The fourth-order valence-corrected chi connectivity index (χ4v) is 1.06. The largest absolute Gasteiger partial charge is 0.489 e. The van der Waals surface area contributed by atoms with Gasteiger partial charge in [-0.3, -0.25) is 4.79 Å². The van der Waals surface area contributed by atoms with Crippen LogP contribution < -0.4 is 10.1 Å². The molecule has 0 aromatic carbocycles. The number of carbonyl (C=O) groups excluding carboxylic acids is 1. The lowest BCUT2D eigenvalue weighted by Gasteiger charge is -2.10. The molecule has 0 fully saturated rings. The molecule has 6 nitrogen and oxygen atoms in total. The van der Waals surface area contributed by atoms with Gasteiger partial charge in [-0.25, -0.2) is 4.98 Å². The van der Waals surface area contributed by atoms with E-state index in [2.05, 4.69) is 10.3 Å². The summed E-state index contributed by atoms with van der Waals surface area (Å²) in [5.74, 6) is 0.697. The number of rotatable bonds is 6. The molecule has 0 unspecified atom stereocenters. The molecule has 1 aromatic heterocycles. The second-order valence-corrected chi connectivity index (χ2v) is 4.17. The standard InChI is InChI=1S/C12H18N2O4/c1-8(2)12(17)14-11-4-3-10(5-13-11)18-7-9(16)6-15/h3-5,8-9,15-16H,6-7H2,1-2H3,(H,13,14,17)/t9-/m1/s1. The van der Waals surface area contributed by atoms with Crippen LogP contribution >= 0.6 is 0 Å². The van der Waals surface area contributed by atoms with Gasteiger partial charge in [0.1, 0.15) is 24.3 Å². The number of aromatic nitrogens is 1. The normalized spacial score (nSPS) is 12.3. The van der Waals surface area contributed by atoms with E-state index in [1.165, 1.54) is 6.20 Å². The average molecular weight is 254 g/mol. The number of hydrogen-bond acceptors (Lipinski definition) is 5. The first-order chi connectivity index (χ1) is 8.52. The number of nitrogens with zero attached hydrogens (tertiary/aromatic N) is 1. The lowest BCUT2D eigenvalue weighted by Crippen LogP contribution is -2.21. The summed E-state index contributed by atoms with van der Waals surface area (Å²) in [6.07, 6.45) is 0.533. The summed E-state index contributed by atoms with van der Waals surface area (Å²) in [5, 5.41) is 20.4. The van der Waals surface area contributed by atoms with Gasteiger partial charge >= 0.3 is 0 Å². The summed E-state index contributed by atoms with van der Waals surface area (Å²) in [6.45, 7) is 3.23. The van der Waals surface area contributed by atoms with Crippen molar-refractivity contribution in [2.75, 3.05) is 18.5 Å². The lowest BCUT2D eigenvalue weighted by atomic mass is 10.2. The van der Waals surface area contributed by atoms with E-state index in [4.69, 9.17) is 14.9 Å². The van der Waals surface area contributed by atoms with Crippen LogP contribution in [0.25, 0.3) is 0 Å². The minimum Gasteiger partial charge on any atom is -0.489 e. The van der Waals surface area contributed by atoms with E-state index in [-0.39, 0.29) is 25.0 Å². The van der Waals surface area contributed by atoms with Gasteiger partial charge in [0.05, 0.1) is 12.8 Å². The van der Waals surface area contributed by atoms with Gasteiger partial charge in [0, 0.05) is 5.92 Å². The Bertz CT molecular complexity index is 378. The van der Waals surface area contributed by atoms with E-state index in [1.54, 1.807) is 26.0 Å². The van der Waals surface area contributed by atoms with Gasteiger partial charge in [-0.2, -0.15) is 0 Å². The highest BCUT2D eigenvalue weighted by atomic mass is 16.5. The summed E-state index contributed by atoms with van der Waals surface area (Å²) >= 11 is 0. The zero-order chi connectivity index (χ0) is 13.5. The van der Waals surface area contributed by atoms with Crippen molar-refractivity contribution in [1.29, 1.82) is 0 Å². The van der Waals surface area contributed by atoms with Crippen molar-refractivity contribution < 1.29 is 19.7 Å². The van der Waals surface area contributed by atoms with Crippen molar-refractivity contribution in [3.05, 3.63) is 18.3 Å². The van der Waals surface area contributed by atoms with Crippen LogP contribution in [0.2, 0.25) is 0 Å². The molecule has 6 heteroatoms. The first kappa shape index (κ1) is 14.4. The summed E-state index contributed by atoms with van der Waals surface area (Å²) in [4.78, 5) is 15.4. The molecule has 1 atom stereocenters. The Labute approximate surface area is 106 Å². The predicted molar refractivity (Wildman–Crippen MR) is 66.3 cm³/mol. The maximum Gasteiger partial charge on any atom is 0.228 e. The zero-order valence-electron chi connectivity index (χ0n) is 10.5. The number of aliphatic hydroxyl groups excluding tert-OH is 2. The predicted octanol–water partition coefficient (Wildman–Crippen LogP) is 0.408. The topological polar surface area (TPSA) is 91.7 Å². The minimum atomic E-state index is -0.912. The Morgan fingerprint density at radius 2 is 2.22 bits per heavy atom. The Morgan fingerprint density at radius 3 is 2.72 bits per heavy atom. The van der Waals surface area contributed by atoms with E-state index >= 15 is 0 Å². The molecule has 0 aliphatic rings. The Balaban J connectivity index is 2.50. The highest BCUT2D eigenvalue weighted by Crippen LogP contribution is 2.13. The Morgan fingerprint density at radius 1 is 1.50 bits per heavy atom. The summed E-state index contributed by atoms with van der Waals surface area (Å²) in [5.41, 5.74) is 0. The minimum absolute atomic E-state index is 0.00409. The van der Waals surface area contributed by atoms with Crippen LogP contribution in [-0.2, 0) is 4.79 Å². The molecule has 0 aliphatic heterocycles. The molecular formula is C12H18N2O4. The molecule has 3 N–H and O–H groups in total. The number of nitrogens with one attached hydrogen (secondary N) is 1. The monoisotopic (exact) mass is 254 g/mol. The van der Waals surface area contributed by atoms with E-state index in [1.807, 2.05) is 0 Å². The van der Waals surface area contributed by atoms with Crippen LogP contribution in [0.3, 0.4) is 0 Å². The van der Waals surface area contributed by atoms with Crippen molar-refractivity contribution >= 4 is 11.7 Å². The van der Waals surface area contributed by atoms with Crippen LogP contribution in [0.15, 0.2) is 18.3 Å². The Hall–Kier alpha value is -1.66. The number of carbonyl (C=O) groups is 1. The third-order valence-electron chi connectivity index (χ3n) is 2.17. The lowest BCUT2D eigenvalue weighted by molar-refractivity contribution is -0.118. The molecule has 0 radical (unpaired) electrons. The van der Waals surface area contributed by atoms with Gasteiger partial charge in [-0.15, -0.1) is 0 Å². The van der Waals surface area contributed by atoms with Crippen molar-refractivity contribution in [3.63, 3.8) is 0 Å². The second-order valence-electron chi connectivity index (χ2n) is 4.17. The number of hydrogen-bond donors (Lipinski definition) is 3. The van der Waals surface area contributed by atoms with Gasteiger partial charge in [0.25, 0.3) is 0 Å². The zero-order valence-corrected chi connectivity index (χ0v) is 10.5. The maximum atomic E-state index is 11.4. The summed E-state index contributed by atoms with van der Waals surface area (Å²) < 4.78 is 5.18. The SMILES string of the molecule is CC(C)C(=O)Nc1ccc(OC[C@H](O)CO)cn1. The van der Waals surface area contributed by atoms with Crippen LogP contribution in [0.5, 0.6) is 5.75 Å². The smallest absolute Gasteiger partial charge is 0.228 e. The number of pyridine rings is 1. The molecule has 1 heterocycles. The van der Waals surface area contributed by atoms with Crippen molar-refractivity contribution in [3.8, 4) is 5.75 Å². The van der Waals surface area contributed by atoms with E-state index in [0.29, 0.717) is 11.6 Å². The molecule has 0 saturated carbocycles. The van der Waals surface area contributed by atoms with Crippen molar-refractivity contribution in [2.24, 2.45) is 5.92 Å². The van der Waals surface area contributed by atoms with E-state index < -0.39 is 6.10 Å². The summed E-state index contributed by atoms with van der Waals surface area (Å²) in [6, 6.07) is 3.24. The van der Waals surface area contributed by atoms with Crippen LogP contribution in [-0.4, -0.2) is 40.4 Å². The van der Waals surface area contributed by atoms with Gasteiger partial charge in [0.15, 0.2) is 0 Å². The molecule has 0 aliphatic carbocycles.